The molecule has 1 saturated heterocycles. The van der Waals surface area contributed by atoms with Crippen molar-refractivity contribution in [2.75, 3.05) is 19.3 Å². The number of rotatable bonds is 4. The van der Waals surface area contributed by atoms with Gasteiger partial charge in [0.1, 0.15) is 0 Å². The molecule has 1 aliphatic rings. The second-order valence-corrected chi connectivity index (χ2v) is 8.28. The van der Waals surface area contributed by atoms with E-state index < -0.39 is 19.9 Å². The largest absolute Gasteiger partial charge is 0.315 e. The summed E-state index contributed by atoms with van der Waals surface area (Å²) in [6.45, 7) is 1.40. The smallest absolute Gasteiger partial charge is 0.240 e. The van der Waals surface area contributed by atoms with Crippen LogP contribution in [0.5, 0.6) is 0 Å². The summed E-state index contributed by atoms with van der Waals surface area (Å²) in [4.78, 5) is 0.181. The highest BCUT2D eigenvalue weighted by molar-refractivity contribution is 7.90. The van der Waals surface area contributed by atoms with Gasteiger partial charge in [0.05, 0.1) is 9.79 Å². The molecule has 2 rings (SSSR count). The standard InChI is InChI=1S/C11H16N2O4S2/c1-18(14,15)10-2-4-11(5-3-10)19(16,17)13-9-6-7-12-8-9/h2-5,9,12-13H,6-8H2,1H3/t9-/m1/s1. The number of hydrogen-bond acceptors (Lipinski definition) is 5. The van der Waals surface area contributed by atoms with E-state index in [-0.39, 0.29) is 15.8 Å². The Morgan fingerprint density at radius 1 is 1.11 bits per heavy atom. The Hall–Kier alpha value is -0.960. The summed E-state index contributed by atoms with van der Waals surface area (Å²) in [5.74, 6) is 0. The molecule has 106 valence electrons. The summed E-state index contributed by atoms with van der Waals surface area (Å²) in [6.07, 6.45) is 1.83. The molecule has 0 bridgehead atoms. The van der Waals surface area contributed by atoms with Gasteiger partial charge in [0.15, 0.2) is 9.84 Å². The van der Waals surface area contributed by atoms with Crippen LogP contribution in [0.25, 0.3) is 0 Å². The van der Waals surface area contributed by atoms with Crippen molar-refractivity contribution in [1.82, 2.24) is 10.0 Å². The zero-order valence-electron chi connectivity index (χ0n) is 10.5. The number of sulfonamides is 1. The Morgan fingerprint density at radius 3 is 2.16 bits per heavy atom. The fourth-order valence-electron chi connectivity index (χ4n) is 1.91. The quantitative estimate of drug-likeness (QED) is 0.799. The molecule has 6 nitrogen and oxygen atoms in total. The van der Waals surface area contributed by atoms with E-state index in [1.54, 1.807) is 0 Å². The van der Waals surface area contributed by atoms with Crippen molar-refractivity contribution < 1.29 is 16.8 Å². The van der Waals surface area contributed by atoms with Crippen molar-refractivity contribution >= 4 is 19.9 Å². The fourth-order valence-corrected chi connectivity index (χ4v) is 3.81. The molecule has 1 atom stereocenters. The minimum absolute atomic E-state index is 0.0757. The minimum Gasteiger partial charge on any atom is -0.315 e. The molecule has 19 heavy (non-hydrogen) atoms. The lowest BCUT2D eigenvalue weighted by Crippen LogP contribution is -2.36. The second kappa shape index (κ2) is 5.20. The van der Waals surface area contributed by atoms with E-state index >= 15 is 0 Å². The average molecular weight is 304 g/mol. The van der Waals surface area contributed by atoms with Gasteiger partial charge in [0.2, 0.25) is 10.0 Å². The highest BCUT2D eigenvalue weighted by Crippen LogP contribution is 2.15. The monoisotopic (exact) mass is 304 g/mol. The molecule has 8 heteroatoms. The molecule has 1 heterocycles. The van der Waals surface area contributed by atoms with Gasteiger partial charge < -0.3 is 5.32 Å². The topological polar surface area (TPSA) is 92.3 Å². The Kier molecular flexibility index (Phi) is 3.95. The van der Waals surface area contributed by atoms with Gasteiger partial charge >= 0.3 is 0 Å². The van der Waals surface area contributed by atoms with Crippen LogP contribution in [0.1, 0.15) is 6.42 Å². The molecule has 1 aromatic rings. The van der Waals surface area contributed by atoms with Crippen LogP contribution in [-0.2, 0) is 19.9 Å². The lowest BCUT2D eigenvalue weighted by molar-refractivity contribution is 0.560. The van der Waals surface area contributed by atoms with Crippen LogP contribution in [-0.4, -0.2) is 42.2 Å². The lowest BCUT2D eigenvalue weighted by atomic mass is 10.3. The van der Waals surface area contributed by atoms with Gasteiger partial charge in [-0.2, -0.15) is 0 Å². The lowest BCUT2D eigenvalue weighted by Gasteiger charge is -2.12. The van der Waals surface area contributed by atoms with Crippen LogP contribution in [0.4, 0.5) is 0 Å². The maximum Gasteiger partial charge on any atom is 0.240 e. The number of nitrogens with one attached hydrogen (secondary N) is 2. The molecule has 1 fully saturated rings. The molecule has 2 N–H and O–H groups in total. The maximum absolute atomic E-state index is 12.1. The van der Waals surface area contributed by atoms with Crippen molar-refractivity contribution in [3.8, 4) is 0 Å². The number of sulfone groups is 1. The van der Waals surface area contributed by atoms with Crippen molar-refractivity contribution in [3.05, 3.63) is 24.3 Å². The Morgan fingerprint density at radius 2 is 1.68 bits per heavy atom. The van der Waals surface area contributed by atoms with Crippen LogP contribution in [0.3, 0.4) is 0 Å². The first-order chi connectivity index (χ1) is 8.79. The van der Waals surface area contributed by atoms with Crippen molar-refractivity contribution in [2.45, 2.75) is 22.3 Å². The van der Waals surface area contributed by atoms with E-state index in [0.717, 1.165) is 19.2 Å². The second-order valence-electron chi connectivity index (χ2n) is 4.55. The molecule has 0 aromatic heterocycles. The third-order valence-electron chi connectivity index (χ3n) is 2.94. The summed E-state index contributed by atoms with van der Waals surface area (Å²) in [7, 11) is -6.90. The van der Waals surface area contributed by atoms with E-state index in [1.165, 1.54) is 24.3 Å². The molecule has 0 amide bonds. The predicted octanol–water partition coefficient (Wildman–Crippen LogP) is -0.270. The first-order valence-electron chi connectivity index (χ1n) is 5.82. The van der Waals surface area contributed by atoms with E-state index in [9.17, 15) is 16.8 Å². The van der Waals surface area contributed by atoms with Gasteiger partial charge in [-0.15, -0.1) is 0 Å². The van der Waals surface area contributed by atoms with Crippen molar-refractivity contribution in [2.24, 2.45) is 0 Å². The maximum atomic E-state index is 12.1. The molecule has 0 aliphatic carbocycles. The molecule has 1 aliphatic heterocycles. The van der Waals surface area contributed by atoms with Crippen LogP contribution in [0, 0.1) is 0 Å². The highest BCUT2D eigenvalue weighted by Gasteiger charge is 2.22. The average Bonchev–Trinajstić information content (AvgIpc) is 2.80. The normalized spacial score (nSPS) is 20.6. The first-order valence-corrected chi connectivity index (χ1v) is 9.20. The first kappa shape index (κ1) is 14.4. The summed E-state index contributed by atoms with van der Waals surface area (Å²) in [5, 5.41) is 3.07. The number of benzene rings is 1. The third-order valence-corrected chi connectivity index (χ3v) is 5.61. The van der Waals surface area contributed by atoms with Crippen LogP contribution in [0.15, 0.2) is 34.1 Å². The van der Waals surface area contributed by atoms with E-state index in [2.05, 4.69) is 10.0 Å². The van der Waals surface area contributed by atoms with Gasteiger partial charge in [-0.3, -0.25) is 0 Å². The summed E-state index contributed by atoms with van der Waals surface area (Å²) >= 11 is 0. The molecule has 1 aromatic carbocycles. The number of hydrogen-bond donors (Lipinski definition) is 2. The Balaban J connectivity index is 2.21. The molecular formula is C11H16N2O4S2. The molecule has 0 radical (unpaired) electrons. The van der Waals surface area contributed by atoms with E-state index in [0.29, 0.717) is 6.54 Å². The third kappa shape index (κ3) is 3.53. The Bertz CT molecular complexity index is 644. The summed E-state index contributed by atoms with van der Waals surface area (Å²) in [5.41, 5.74) is 0. The summed E-state index contributed by atoms with van der Waals surface area (Å²) < 4.78 is 49.3. The van der Waals surface area contributed by atoms with E-state index in [1.807, 2.05) is 0 Å². The van der Waals surface area contributed by atoms with Gasteiger partial charge in [-0.1, -0.05) is 0 Å². The summed E-state index contributed by atoms with van der Waals surface area (Å²) in [6, 6.07) is 5.11. The zero-order valence-corrected chi connectivity index (χ0v) is 12.1. The zero-order chi connectivity index (χ0) is 14.1. The van der Waals surface area contributed by atoms with Crippen molar-refractivity contribution in [1.29, 1.82) is 0 Å². The van der Waals surface area contributed by atoms with Gasteiger partial charge in [-0.05, 0) is 37.2 Å². The minimum atomic E-state index is -3.59. The molecular weight excluding hydrogens is 288 g/mol. The van der Waals surface area contributed by atoms with Gasteiger partial charge in [0.25, 0.3) is 0 Å². The van der Waals surface area contributed by atoms with Gasteiger partial charge in [0, 0.05) is 18.8 Å². The molecule has 0 unspecified atom stereocenters. The fraction of sp³-hybridized carbons (Fsp3) is 0.455. The highest BCUT2D eigenvalue weighted by atomic mass is 32.2. The molecule has 0 saturated carbocycles. The van der Waals surface area contributed by atoms with Crippen LogP contribution in [0.2, 0.25) is 0 Å². The Labute approximate surface area is 113 Å². The van der Waals surface area contributed by atoms with Gasteiger partial charge in [-0.25, -0.2) is 21.6 Å². The van der Waals surface area contributed by atoms with E-state index in [4.69, 9.17) is 0 Å². The molecule has 0 spiro atoms. The van der Waals surface area contributed by atoms with Crippen molar-refractivity contribution in [3.63, 3.8) is 0 Å². The predicted molar refractivity (Wildman–Crippen MR) is 71.1 cm³/mol. The van der Waals surface area contributed by atoms with Crippen LogP contribution >= 0.6 is 0 Å². The SMILES string of the molecule is CS(=O)(=O)c1ccc(S(=O)(=O)N[C@@H]2CCNC2)cc1. The van der Waals surface area contributed by atoms with Crippen LogP contribution < -0.4 is 10.0 Å².